The highest BCUT2D eigenvalue weighted by atomic mass is 31.2. The van der Waals surface area contributed by atoms with E-state index in [1.165, 1.54) is 0 Å². The van der Waals surface area contributed by atoms with Crippen molar-refractivity contribution in [3.8, 4) is 0 Å². The Balaban J connectivity index is 5.24. The molecule has 0 heterocycles. The van der Waals surface area contributed by atoms with Crippen LogP contribution in [0.5, 0.6) is 0 Å². The quantitative estimate of drug-likeness (QED) is 0.261. The summed E-state index contributed by atoms with van der Waals surface area (Å²) in [4.78, 5) is 23.1. The minimum absolute atomic E-state index is 0.0345. The number of esters is 2. The maximum Gasteiger partial charge on any atom is 0.530 e. The van der Waals surface area contributed by atoms with Crippen molar-refractivity contribution in [2.24, 2.45) is 0 Å². The first-order chi connectivity index (χ1) is 9.92. The van der Waals surface area contributed by atoms with Crippen LogP contribution in [0.15, 0.2) is 11.8 Å². The third kappa shape index (κ3) is 7.84. The van der Waals surface area contributed by atoms with E-state index >= 15 is 0 Å². The summed E-state index contributed by atoms with van der Waals surface area (Å²) < 4.78 is 36.3. The fourth-order valence-corrected chi connectivity index (χ4v) is 2.32. The van der Waals surface area contributed by atoms with Gasteiger partial charge in [-0.1, -0.05) is 0 Å². The number of carbonyl (C=O) groups is 2. The predicted octanol–water partition coefficient (Wildman–Crippen LogP) is 2.19. The van der Waals surface area contributed by atoms with Gasteiger partial charge in [-0.2, -0.15) is 0 Å². The molecule has 0 saturated carbocycles. The minimum atomic E-state index is -4.01. The van der Waals surface area contributed by atoms with Gasteiger partial charge in [0.1, 0.15) is 0 Å². The lowest BCUT2D eigenvalue weighted by Gasteiger charge is -2.17. The van der Waals surface area contributed by atoms with Crippen LogP contribution in [-0.2, 0) is 37.2 Å². The maximum absolute atomic E-state index is 12.2. The molecule has 0 spiro atoms. The number of hydrogen-bond donors (Lipinski definition) is 0. The van der Waals surface area contributed by atoms with Gasteiger partial charge in [0.05, 0.1) is 32.5 Å². The molecule has 0 aliphatic rings. The molecule has 0 N–H and O–H groups in total. The lowest BCUT2D eigenvalue weighted by atomic mass is 10.4. The van der Waals surface area contributed by atoms with Gasteiger partial charge in [0, 0.05) is 0 Å². The van der Waals surface area contributed by atoms with Crippen LogP contribution in [0.25, 0.3) is 0 Å². The fourth-order valence-electron chi connectivity index (χ4n) is 1.14. The molecule has 0 amide bonds. The molecule has 0 fully saturated rings. The Morgan fingerprint density at radius 2 is 1.43 bits per heavy atom. The zero-order valence-corrected chi connectivity index (χ0v) is 13.5. The van der Waals surface area contributed by atoms with Crippen LogP contribution in [0.3, 0.4) is 0 Å². The molecule has 0 unspecified atom stereocenters. The van der Waals surface area contributed by atoms with Gasteiger partial charge in [-0.3, -0.25) is 9.05 Å². The topological polar surface area (TPSA) is 97.4 Å². The molecule has 0 rings (SSSR count). The van der Waals surface area contributed by atoms with E-state index in [1.807, 2.05) is 0 Å². The number of phosphoric ester groups is 1. The summed E-state index contributed by atoms with van der Waals surface area (Å²) in [5.41, 5.74) is 0. The first-order valence-corrected chi connectivity index (χ1v) is 8.02. The van der Waals surface area contributed by atoms with E-state index < -0.39 is 25.5 Å². The third-order valence-corrected chi connectivity index (χ3v) is 3.37. The van der Waals surface area contributed by atoms with Gasteiger partial charge in [0.25, 0.3) is 0 Å². The Labute approximate surface area is 124 Å². The van der Waals surface area contributed by atoms with E-state index in [4.69, 9.17) is 18.3 Å². The van der Waals surface area contributed by atoms with Crippen LogP contribution in [0, 0.1) is 0 Å². The normalized spacial score (nSPS) is 11.9. The standard InChI is InChI=1S/C12H21O8P/c1-5-16-11(13)9-10(12(14)17-6-2)20-21(15,18-7-3)19-8-4/h9H,5-8H2,1-4H3/b10-9+. The smallest absolute Gasteiger partial charge is 0.463 e. The van der Waals surface area contributed by atoms with Crippen LogP contribution >= 0.6 is 7.82 Å². The number of ether oxygens (including phenoxy) is 2. The average molecular weight is 324 g/mol. The summed E-state index contributed by atoms with van der Waals surface area (Å²) in [5.74, 6) is -2.40. The number of phosphoric acid groups is 1. The maximum atomic E-state index is 12.2. The molecule has 0 bridgehead atoms. The van der Waals surface area contributed by atoms with Gasteiger partial charge in [-0.05, 0) is 27.7 Å². The Bertz CT molecular complexity index is 407. The molecular weight excluding hydrogens is 303 g/mol. The number of carbonyl (C=O) groups excluding carboxylic acids is 2. The first-order valence-electron chi connectivity index (χ1n) is 6.56. The Kier molecular flexibility index (Phi) is 9.69. The van der Waals surface area contributed by atoms with Gasteiger partial charge < -0.3 is 14.0 Å². The zero-order valence-electron chi connectivity index (χ0n) is 12.6. The number of hydrogen-bond acceptors (Lipinski definition) is 8. The van der Waals surface area contributed by atoms with Crippen molar-refractivity contribution >= 4 is 19.8 Å². The molecule has 122 valence electrons. The van der Waals surface area contributed by atoms with Crippen molar-refractivity contribution in [3.05, 3.63) is 11.8 Å². The molecule has 9 heteroatoms. The second-order valence-corrected chi connectivity index (χ2v) is 4.95. The molecular formula is C12H21O8P. The van der Waals surface area contributed by atoms with Gasteiger partial charge in [-0.15, -0.1) is 0 Å². The zero-order chi connectivity index (χ0) is 16.3. The Morgan fingerprint density at radius 3 is 1.86 bits per heavy atom. The van der Waals surface area contributed by atoms with Crippen LogP contribution in [0.4, 0.5) is 0 Å². The van der Waals surface area contributed by atoms with Crippen LogP contribution in [0.1, 0.15) is 27.7 Å². The highest BCUT2D eigenvalue weighted by Gasteiger charge is 2.32. The second kappa shape index (κ2) is 10.4. The number of rotatable bonds is 10. The van der Waals surface area contributed by atoms with E-state index in [-0.39, 0.29) is 26.4 Å². The minimum Gasteiger partial charge on any atom is -0.463 e. The van der Waals surface area contributed by atoms with E-state index in [0.717, 1.165) is 6.08 Å². The van der Waals surface area contributed by atoms with E-state index in [9.17, 15) is 14.2 Å². The van der Waals surface area contributed by atoms with E-state index in [1.54, 1.807) is 27.7 Å². The van der Waals surface area contributed by atoms with Crippen molar-refractivity contribution in [3.63, 3.8) is 0 Å². The van der Waals surface area contributed by atoms with Crippen molar-refractivity contribution in [2.75, 3.05) is 26.4 Å². The van der Waals surface area contributed by atoms with E-state index in [0.29, 0.717) is 0 Å². The lowest BCUT2D eigenvalue weighted by Crippen LogP contribution is -2.14. The molecule has 0 radical (unpaired) electrons. The molecule has 8 nitrogen and oxygen atoms in total. The van der Waals surface area contributed by atoms with Crippen molar-refractivity contribution in [1.29, 1.82) is 0 Å². The van der Waals surface area contributed by atoms with Crippen molar-refractivity contribution in [1.82, 2.24) is 0 Å². The van der Waals surface area contributed by atoms with Gasteiger partial charge >= 0.3 is 19.8 Å². The van der Waals surface area contributed by atoms with E-state index in [2.05, 4.69) is 4.74 Å². The molecule has 0 aromatic carbocycles. The summed E-state index contributed by atoms with van der Waals surface area (Å²) in [6.45, 7) is 6.56. The second-order valence-electron chi connectivity index (χ2n) is 3.36. The lowest BCUT2D eigenvalue weighted by molar-refractivity contribution is -0.143. The SMILES string of the molecule is CCOC(=O)/C=C(/OP(=O)(OCC)OCC)C(=O)OCC. The van der Waals surface area contributed by atoms with Crippen LogP contribution in [-0.4, -0.2) is 38.4 Å². The first kappa shape index (κ1) is 19.6. The summed E-state index contributed by atoms with van der Waals surface area (Å²) >= 11 is 0. The summed E-state index contributed by atoms with van der Waals surface area (Å²) in [7, 11) is -4.01. The van der Waals surface area contributed by atoms with Gasteiger partial charge in [-0.25, -0.2) is 14.2 Å². The van der Waals surface area contributed by atoms with Gasteiger partial charge in [0.15, 0.2) is 0 Å². The highest BCUT2D eigenvalue weighted by molar-refractivity contribution is 7.48. The molecule has 0 aliphatic heterocycles. The predicted molar refractivity (Wildman–Crippen MR) is 73.3 cm³/mol. The van der Waals surface area contributed by atoms with Crippen molar-refractivity contribution in [2.45, 2.75) is 27.7 Å². The molecule has 0 aromatic heterocycles. The highest BCUT2D eigenvalue weighted by Crippen LogP contribution is 2.51. The molecule has 0 aromatic rings. The molecule has 0 aliphatic carbocycles. The fraction of sp³-hybridized carbons (Fsp3) is 0.667. The molecule has 0 saturated heterocycles. The monoisotopic (exact) mass is 324 g/mol. The Hall–Kier alpha value is -1.37. The third-order valence-electron chi connectivity index (χ3n) is 1.80. The summed E-state index contributed by atoms with van der Waals surface area (Å²) in [6.07, 6.45) is 0.742. The summed E-state index contributed by atoms with van der Waals surface area (Å²) in [6, 6.07) is 0. The van der Waals surface area contributed by atoms with Crippen molar-refractivity contribution < 1.29 is 37.2 Å². The molecule has 21 heavy (non-hydrogen) atoms. The van der Waals surface area contributed by atoms with Crippen LogP contribution < -0.4 is 0 Å². The average Bonchev–Trinajstić information content (AvgIpc) is 2.39. The molecule has 0 atom stereocenters. The largest absolute Gasteiger partial charge is 0.530 e. The Morgan fingerprint density at radius 1 is 0.905 bits per heavy atom. The summed E-state index contributed by atoms with van der Waals surface area (Å²) in [5, 5.41) is 0. The van der Waals surface area contributed by atoms with Crippen LogP contribution in [0.2, 0.25) is 0 Å². The van der Waals surface area contributed by atoms with Gasteiger partial charge in [0.2, 0.25) is 5.76 Å².